The number of hydrogen-bond acceptors (Lipinski definition) is 8. The molecular weight excluding hydrogens is 414 g/mol. The number of nitrogens with zero attached hydrogens (tertiary/aromatic N) is 5. The molecule has 1 aliphatic carbocycles. The molecule has 0 spiro atoms. The summed E-state index contributed by atoms with van der Waals surface area (Å²) in [7, 11) is 3.11. The van der Waals surface area contributed by atoms with Gasteiger partial charge in [0, 0.05) is 23.7 Å². The number of carbonyl (C=O) groups excluding carboxylic acids is 1. The third-order valence-corrected chi connectivity index (χ3v) is 5.12. The lowest BCUT2D eigenvalue weighted by Crippen LogP contribution is -2.19. The molecule has 0 radical (unpaired) electrons. The summed E-state index contributed by atoms with van der Waals surface area (Å²) in [5, 5.41) is 14.7. The Balaban J connectivity index is 1.28. The second-order valence-electron chi connectivity index (χ2n) is 7.41. The van der Waals surface area contributed by atoms with Crippen LogP contribution in [0.3, 0.4) is 0 Å². The van der Waals surface area contributed by atoms with Crippen molar-refractivity contribution in [2.24, 2.45) is 0 Å². The van der Waals surface area contributed by atoms with Crippen LogP contribution in [-0.2, 0) is 11.3 Å². The Bertz CT molecular complexity index is 1280. The molecule has 0 saturated heterocycles. The molecule has 0 unspecified atom stereocenters. The normalized spacial score (nSPS) is 13.2. The molecular formula is C21H21N7O4. The van der Waals surface area contributed by atoms with Gasteiger partial charge in [-0.25, -0.2) is 9.97 Å². The molecule has 1 aromatic carbocycles. The monoisotopic (exact) mass is 435 g/mol. The lowest BCUT2D eigenvalue weighted by molar-refractivity contribution is -0.116. The molecule has 2 N–H and O–H groups in total. The second-order valence-corrected chi connectivity index (χ2v) is 7.41. The van der Waals surface area contributed by atoms with Crippen LogP contribution in [0, 0.1) is 0 Å². The van der Waals surface area contributed by atoms with E-state index in [1.54, 1.807) is 32.5 Å². The molecule has 1 amide bonds. The minimum atomic E-state index is -0.238. The van der Waals surface area contributed by atoms with Crippen LogP contribution in [0.5, 0.6) is 23.1 Å². The van der Waals surface area contributed by atoms with Gasteiger partial charge in [0.2, 0.25) is 11.8 Å². The first kappa shape index (κ1) is 19.8. The summed E-state index contributed by atoms with van der Waals surface area (Å²) in [5.74, 6) is 2.68. The Labute approximate surface area is 182 Å². The van der Waals surface area contributed by atoms with Gasteiger partial charge in [-0.2, -0.15) is 10.2 Å². The van der Waals surface area contributed by atoms with Gasteiger partial charge in [0.25, 0.3) is 0 Å². The van der Waals surface area contributed by atoms with Gasteiger partial charge in [-0.1, -0.05) is 0 Å². The number of nitrogens with one attached hydrogen (secondary N) is 2. The standard InChI is InChI=1S/C21H21N7O4/c1-30-17-5-14-16(6-18(17)31-2)22-11-23-21(14)32-13-8-24-28(9-13)10-20(29)25-19-7-15(26-27-19)12-3-4-12/h5-9,11-12H,3-4,10H2,1-2H3,(H2,25,26,27,29). The van der Waals surface area contributed by atoms with Crippen molar-refractivity contribution in [3.05, 3.63) is 42.6 Å². The number of ether oxygens (including phenoxy) is 3. The number of benzene rings is 1. The molecule has 1 fully saturated rings. The van der Waals surface area contributed by atoms with Gasteiger partial charge in [-0.3, -0.25) is 14.6 Å². The third-order valence-electron chi connectivity index (χ3n) is 5.12. The van der Waals surface area contributed by atoms with Gasteiger partial charge in [0.05, 0.1) is 37.5 Å². The molecule has 5 rings (SSSR count). The van der Waals surface area contributed by atoms with E-state index in [1.807, 2.05) is 6.07 Å². The molecule has 3 heterocycles. The average Bonchev–Trinajstić information content (AvgIpc) is 3.40. The van der Waals surface area contributed by atoms with Crippen molar-refractivity contribution >= 4 is 22.6 Å². The van der Waals surface area contributed by atoms with Crippen LogP contribution in [0.1, 0.15) is 24.5 Å². The summed E-state index contributed by atoms with van der Waals surface area (Å²) >= 11 is 0. The number of methoxy groups -OCH3 is 2. The molecule has 1 saturated carbocycles. The van der Waals surface area contributed by atoms with Crippen LogP contribution in [0.4, 0.5) is 5.82 Å². The fourth-order valence-corrected chi connectivity index (χ4v) is 3.37. The number of rotatable bonds is 8. The molecule has 0 bridgehead atoms. The Morgan fingerprint density at radius 2 is 2.00 bits per heavy atom. The predicted octanol–water partition coefficient (Wildman–Crippen LogP) is 2.88. The number of carbonyl (C=O) groups is 1. The van der Waals surface area contributed by atoms with E-state index >= 15 is 0 Å². The largest absolute Gasteiger partial charge is 0.493 e. The molecule has 1 aliphatic rings. The first-order valence-electron chi connectivity index (χ1n) is 10.0. The number of fused-ring (bicyclic) bond motifs is 1. The van der Waals surface area contributed by atoms with Crippen LogP contribution in [0.2, 0.25) is 0 Å². The molecule has 4 aromatic rings. The van der Waals surface area contributed by atoms with Gasteiger partial charge in [0.1, 0.15) is 12.9 Å². The Morgan fingerprint density at radius 3 is 2.78 bits per heavy atom. The fourth-order valence-electron chi connectivity index (χ4n) is 3.37. The minimum absolute atomic E-state index is 0.0184. The van der Waals surface area contributed by atoms with Gasteiger partial charge < -0.3 is 19.5 Å². The summed E-state index contributed by atoms with van der Waals surface area (Å²) in [6.45, 7) is 0.0184. The van der Waals surface area contributed by atoms with E-state index in [4.69, 9.17) is 14.2 Å². The summed E-state index contributed by atoms with van der Waals surface area (Å²) in [6.07, 6.45) is 6.86. The summed E-state index contributed by atoms with van der Waals surface area (Å²) in [4.78, 5) is 20.8. The summed E-state index contributed by atoms with van der Waals surface area (Å²) in [6, 6.07) is 5.37. The van der Waals surface area contributed by atoms with Gasteiger partial charge >= 0.3 is 0 Å². The smallest absolute Gasteiger partial charge is 0.247 e. The Hall–Kier alpha value is -4.15. The van der Waals surface area contributed by atoms with E-state index in [2.05, 4.69) is 30.6 Å². The van der Waals surface area contributed by atoms with E-state index in [0.717, 1.165) is 18.5 Å². The van der Waals surface area contributed by atoms with Crippen molar-refractivity contribution in [1.82, 2.24) is 29.9 Å². The first-order valence-corrected chi connectivity index (χ1v) is 10.0. The van der Waals surface area contributed by atoms with Crippen molar-refractivity contribution in [2.75, 3.05) is 19.5 Å². The van der Waals surface area contributed by atoms with E-state index in [0.29, 0.717) is 45.8 Å². The molecule has 164 valence electrons. The Kier molecular flexibility index (Phi) is 5.06. The number of anilines is 1. The van der Waals surface area contributed by atoms with Crippen molar-refractivity contribution < 1.29 is 19.0 Å². The molecule has 32 heavy (non-hydrogen) atoms. The van der Waals surface area contributed by atoms with Gasteiger partial charge in [-0.15, -0.1) is 0 Å². The van der Waals surface area contributed by atoms with Crippen LogP contribution in [-0.4, -0.2) is 50.1 Å². The average molecular weight is 435 g/mol. The second kappa shape index (κ2) is 8.17. The fraction of sp³-hybridized carbons (Fsp3) is 0.286. The zero-order chi connectivity index (χ0) is 22.1. The summed E-state index contributed by atoms with van der Waals surface area (Å²) < 4.78 is 18.1. The highest BCUT2D eigenvalue weighted by molar-refractivity contribution is 5.89. The number of H-pyrrole nitrogens is 1. The summed E-state index contributed by atoms with van der Waals surface area (Å²) in [5.41, 5.74) is 1.70. The van der Waals surface area contributed by atoms with Gasteiger partial charge in [0.15, 0.2) is 23.1 Å². The third kappa shape index (κ3) is 4.04. The molecule has 0 atom stereocenters. The molecule has 11 nitrogen and oxygen atoms in total. The minimum Gasteiger partial charge on any atom is -0.493 e. The van der Waals surface area contributed by atoms with Crippen LogP contribution < -0.4 is 19.5 Å². The SMILES string of the molecule is COc1cc2ncnc(Oc3cnn(CC(=O)Nc4cc(C5CC5)[nH]n4)c3)c2cc1OC. The van der Waals surface area contributed by atoms with Crippen molar-refractivity contribution in [3.63, 3.8) is 0 Å². The number of hydrogen-bond donors (Lipinski definition) is 2. The van der Waals surface area contributed by atoms with Crippen LogP contribution in [0.15, 0.2) is 36.9 Å². The maximum absolute atomic E-state index is 12.3. The maximum Gasteiger partial charge on any atom is 0.247 e. The molecule has 11 heteroatoms. The highest BCUT2D eigenvalue weighted by Gasteiger charge is 2.25. The van der Waals surface area contributed by atoms with E-state index in [1.165, 1.54) is 17.2 Å². The topological polar surface area (TPSA) is 129 Å². The quantitative estimate of drug-likeness (QED) is 0.432. The van der Waals surface area contributed by atoms with Crippen LogP contribution in [0.25, 0.3) is 10.9 Å². The lowest BCUT2D eigenvalue weighted by Gasteiger charge is -2.10. The van der Waals surface area contributed by atoms with E-state index < -0.39 is 0 Å². The van der Waals surface area contributed by atoms with Crippen LogP contribution >= 0.6 is 0 Å². The number of aromatic amines is 1. The van der Waals surface area contributed by atoms with E-state index in [-0.39, 0.29) is 12.5 Å². The van der Waals surface area contributed by atoms with Crippen molar-refractivity contribution in [1.29, 1.82) is 0 Å². The Morgan fingerprint density at radius 1 is 1.19 bits per heavy atom. The maximum atomic E-state index is 12.3. The first-order chi connectivity index (χ1) is 15.6. The highest BCUT2D eigenvalue weighted by atomic mass is 16.5. The van der Waals surface area contributed by atoms with Crippen molar-refractivity contribution in [2.45, 2.75) is 25.3 Å². The molecule has 3 aromatic heterocycles. The number of aromatic nitrogens is 6. The zero-order valence-corrected chi connectivity index (χ0v) is 17.5. The van der Waals surface area contributed by atoms with E-state index in [9.17, 15) is 4.79 Å². The zero-order valence-electron chi connectivity index (χ0n) is 17.5. The van der Waals surface area contributed by atoms with Gasteiger partial charge in [-0.05, 0) is 18.9 Å². The highest BCUT2D eigenvalue weighted by Crippen LogP contribution is 2.39. The lowest BCUT2D eigenvalue weighted by atomic mass is 10.2. The predicted molar refractivity (Wildman–Crippen MR) is 114 cm³/mol. The number of amides is 1. The van der Waals surface area contributed by atoms with Crippen molar-refractivity contribution in [3.8, 4) is 23.1 Å². The molecule has 0 aliphatic heterocycles.